The third kappa shape index (κ3) is 7.97. The predicted octanol–water partition coefficient (Wildman–Crippen LogP) is 2.74. The van der Waals surface area contributed by atoms with Crippen molar-refractivity contribution in [2.45, 2.75) is 50.6 Å². The zero-order chi connectivity index (χ0) is 32.1. The highest BCUT2D eigenvalue weighted by atomic mass is 19.1. The molecule has 1 saturated heterocycles. The monoisotopic (exact) mass is 622 g/mol. The topological polar surface area (TPSA) is 164 Å². The lowest BCUT2D eigenvalue weighted by molar-refractivity contribution is -0.144. The van der Waals surface area contributed by atoms with Crippen LogP contribution in [0.15, 0.2) is 48.5 Å². The molecule has 11 nitrogen and oxygen atoms in total. The molecule has 3 aromatic rings. The summed E-state index contributed by atoms with van der Waals surface area (Å²) in [4.78, 5) is 79.8. The van der Waals surface area contributed by atoms with Gasteiger partial charge in [0.05, 0.1) is 11.6 Å². The summed E-state index contributed by atoms with van der Waals surface area (Å²) in [6.45, 7) is -0.340. The van der Waals surface area contributed by atoms with Crippen LogP contribution in [0.4, 0.5) is 8.78 Å². The molecular formula is C32H32F2N4O7. The van der Waals surface area contributed by atoms with Crippen LogP contribution in [-0.2, 0) is 23.9 Å². The maximum Gasteiger partial charge on any atom is 0.380 e. The number of benzene rings is 2. The lowest BCUT2D eigenvalue weighted by Gasteiger charge is -2.27. The molecule has 2 aromatic carbocycles. The number of carbonyl (C=O) groups is 6. The van der Waals surface area contributed by atoms with E-state index >= 15 is 0 Å². The fraction of sp³-hybridized carbons (Fsp3) is 0.375. The smallest absolute Gasteiger partial charge is 0.380 e. The number of piperidine rings is 1. The summed E-state index contributed by atoms with van der Waals surface area (Å²) in [7, 11) is 0. The minimum absolute atomic E-state index is 0.0681. The number of halogens is 2. The van der Waals surface area contributed by atoms with E-state index in [1.165, 1.54) is 18.2 Å². The predicted molar refractivity (Wildman–Crippen MR) is 156 cm³/mol. The summed E-state index contributed by atoms with van der Waals surface area (Å²) in [5.74, 6) is -6.79. The van der Waals surface area contributed by atoms with Gasteiger partial charge in [-0.15, -0.1) is 0 Å². The van der Waals surface area contributed by atoms with Crippen LogP contribution < -0.4 is 16.0 Å². The first kappa shape index (κ1) is 31.5. The Hall–Kier alpha value is -4.94. The van der Waals surface area contributed by atoms with Gasteiger partial charge in [0.1, 0.15) is 23.4 Å². The fourth-order valence-electron chi connectivity index (χ4n) is 5.34. The summed E-state index contributed by atoms with van der Waals surface area (Å²) >= 11 is 0. The number of amides is 3. The van der Waals surface area contributed by atoms with E-state index in [0.717, 1.165) is 18.9 Å². The van der Waals surface area contributed by atoms with E-state index in [4.69, 9.17) is 4.74 Å². The van der Waals surface area contributed by atoms with Gasteiger partial charge in [0.2, 0.25) is 11.8 Å². The second-order valence-electron chi connectivity index (χ2n) is 11.4. The SMILES string of the molecule is O=C(OCC(=O)[C@H](C[C@@H]1CCCNC1=O)NC(=O)[C@H](CC1CC1)NC(=O)c1cc2cc(F)cc(F)c2[nH]1)C(=O)c1ccccc1. The van der Waals surface area contributed by atoms with E-state index in [1.807, 2.05) is 0 Å². The van der Waals surface area contributed by atoms with Crippen molar-refractivity contribution < 1.29 is 42.3 Å². The Kier molecular flexibility index (Phi) is 9.65. The van der Waals surface area contributed by atoms with Gasteiger partial charge in [-0.2, -0.15) is 0 Å². The molecule has 3 amide bonds. The molecule has 0 unspecified atom stereocenters. The average molecular weight is 623 g/mol. The number of H-pyrrole nitrogens is 1. The van der Waals surface area contributed by atoms with E-state index < -0.39 is 65.6 Å². The molecule has 2 fully saturated rings. The fourth-order valence-corrected chi connectivity index (χ4v) is 5.34. The third-order valence-corrected chi connectivity index (χ3v) is 7.97. The number of aromatic nitrogens is 1. The molecule has 13 heteroatoms. The van der Waals surface area contributed by atoms with Gasteiger partial charge in [-0.1, -0.05) is 43.2 Å². The summed E-state index contributed by atoms with van der Waals surface area (Å²) in [5, 5.41) is 8.11. The van der Waals surface area contributed by atoms with E-state index in [0.29, 0.717) is 25.5 Å². The molecule has 236 valence electrons. The molecule has 0 radical (unpaired) electrons. The van der Waals surface area contributed by atoms with Crippen LogP contribution >= 0.6 is 0 Å². The first-order valence-corrected chi connectivity index (χ1v) is 14.7. The molecule has 1 aliphatic heterocycles. The Balaban J connectivity index is 1.29. The number of aromatic amines is 1. The van der Waals surface area contributed by atoms with Crippen molar-refractivity contribution in [2.24, 2.45) is 11.8 Å². The number of fused-ring (bicyclic) bond motifs is 1. The maximum atomic E-state index is 14.2. The van der Waals surface area contributed by atoms with E-state index in [2.05, 4.69) is 20.9 Å². The summed E-state index contributed by atoms with van der Waals surface area (Å²) in [6.07, 6.45) is 2.99. The number of carbonyl (C=O) groups excluding carboxylic acids is 6. The number of hydrogen-bond donors (Lipinski definition) is 4. The number of Topliss-reactive ketones (excluding diaryl/α,β-unsaturated/α-hetero) is 2. The van der Waals surface area contributed by atoms with Crippen molar-refractivity contribution in [3.8, 4) is 0 Å². The Bertz CT molecular complexity index is 1640. The Morgan fingerprint density at radius 2 is 1.69 bits per heavy atom. The summed E-state index contributed by atoms with van der Waals surface area (Å²) < 4.78 is 32.8. The minimum Gasteiger partial charge on any atom is -0.452 e. The van der Waals surface area contributed by atoms with E-state index in [9.17, 15) is 37.5 Å². The van der Waals surface area contributed by atoms with Crippen LogP contribution in [0.2, 0.25) is 0 Å². The maximum absolute atomic E-state index is 14.2. The highest BCUT2D eigenvalue weighted by Gasteiger charge is 2.35. The molecule has 45 heavy (non-hydrogen) atoms. The van der Waals surface area contributed by atoms with Crippen molar-refractivity contribution in [3.63, 3.8) is 0 Å². The molecule has 1 aromatic heterocycles. The minimum atomic E-state index is -1.27. The molecule has 3 atom stereocenters. The second-order valence-corrected chi connectivity index (χ2v) is 11.4. The molecule has 1 saturated carbocycles. The number of hydrogen-bond acceptors (Lipinski definition) is 7. The van der Waals surface area contributed by atoms with Gasteiger partial charge in [-0.05, 0) is 43.7 Å². The van der Waals surface area contributed by atoms with E-state index in [1.54, 1.807) is 18.2 Å². The van der Waals surface area contributed by atoms with Crippen LogP contribution in [0.25, 0.3) is 10.9 Å². The Morgan fingerprint density at radius 3 is 2.40 bits per heavy atom. The molecule has 4 N–H and O–H groups in total. The van der Waals surface area contributed by atoms with Gasteiger partial charge >= 0.3 is 5.97 Å². The van der Waals surface area contributed by atoms with Gasteiger partial charge in [-0.3, -0.25) is 24.0 Å². The summed E-state index contributed by atoms with van der Waals surface area (Å²) in [6, 6.07) is 8.30. The van der Waals surface area contributed by atoms with Crippen molar-refractivity contribution in [1.82, 2.24) is 20.9 Å². The van der Waals surface area contributed by atoms with Gasteiger partial charge in [0.15, 0.2) is 12.4 Å². The first-order valence-electron chi connectivity index (χ1n) is 14.7. The molecule has 5 rings (SSSR count). The normalized spacial score (nSPS) is 17.6. The molecule has 0 spiro atoms. The second kappa shape index (κ2) is 13.8. The van der Waals surface area contributed by atoms with Gasteiger partial charge < -0.3 is 25.7 Å². The van der Waals surface area contributed by atoms with Crippen LogP contribution in [0.3, 0.4) is 0 Å². The molecule has 0 bridgehead atoms. The summed E-state index contributed by atoms with van der Waals surface area (Å²) in [5.41, 5.74) is -0.0776. The van der Waals surface area contributed by atoms with Gasteiger partial charge in [0.25, 0.3) is 11.7 Å². The van der Waals surface area contributed by atoms with Gasteiger partial charge in [0, 0.05) is 29.5 Å². The lowest BCUT2D eigenvalue weighted by Crippen LogP contribution is -2.53. The number of nitrogens with one attached hydrogen (secondary N) is 4. The Labute approximate surface area is 256 Å². The Morgan fingerprint density at radius 1 is 0.933 bits per heavy atom. The molecular weight excluding hydrogens is 590 g/mol. The molecule has 2 aliphatic rings. The third-order valence-electron chi connectivity index (χ3n) is 7.97. The van der Waals surface area contributed by atoms with Gasteiger partial charge in [-0.25, -0.2) is 13.6 Å². The highest BCUT2D eigenvalue weighted by molar-refractivity contribution is 6.40. The van der Waals surface area contributed by atoms with Crippen molar-refractivity contribution in [2.75, 3.05) is 13.2 Å². The van der Waals surface area contributed by atoms with Crippen molar-refractivity contribution in [3.05, 3.63) is 71.4 Å². The van der Waals surface area contributed by atoms with Crippen LogP contribution in [0.1, 0.15) is 59.4 Å². The number of ketones is 2. The quantitative estimate of drug-likeness (QED) is 0.129. The van der Waals surface area contributed by atoms with Crippen LogP contribution in [0, 0.1) is 23.5 Å². The number of rotatable bonds is 13. The highest BCUT2D eigenvalue weighted by Crippen LogP contribution is 2.34. The zero-order valence-electron chi connectivity index (χ0n) is 24.2. The standard InChI is InChI=1S/C32H32F2N4O7/c33-21-12-20-14-25(36-27(20)22(34)15-21)31(43)38-24(11-17-8-9-17)30(42)37-23(13-19-7-4-10-35-29(19)41)26(39)16-45-32(44)28(40)18-5-2-1-3-6-18/h1-3,5-6,12,14-15,17,19,23-24,36H,4,7-11,13,16H2,(H,35,41)(H,37,42)(H,38,43)/t19-,23-,24-/m0/s1. The number of ether oxygens (including phenoxy) is 1. The first-order chi connectivity index (χ1) is 21.6. The largest absolute Gasteiger partial charge is 0.452 e. The van der Waals surface area contributed by atoms with Crippen LogP contribution in [0.5, 0.6) is 0 Å². The zero-order valence-corrected chi connectivity index (χ0v) is 24.2. The lowest BCUT2D eigenvalue weighted by atomic mass is 9.90. The number of esters is 1. The van der Waals surface area contributed by atoms with Crippen molar-refractivity contribution in [1.29, 1.82) is 0 Å². The van der Waals surface area contributed by atoms with Crippen molar-refractivity contribution >= 4 is 46.2 Å². The molecule has 1 aliphatic carbocycles. The molecule has 2 heterocycles. The van der Waals surface area contributed by atoms with Crippen LogP contribution in [-0.4, -0.2) is 65.5 Å². The average Bonchev–Trinajstić information content (AvgIpc) is 3.74. The van der Waals surface area contributed by atoms with E-state index in [-0.39, 0.29) is 46.8 Å².